The highest BCUT2D eigenvalue weighted by Gasteiger charge is 2.13. The number of hydrogen-bond acceptors (Lipinski definition) is 5. The van der Waals surface area contributed by atoms with Gasteiger partial charge in [0.2, 0.25) is 0 Å². The third-order valence-corrected chi connectivity index (χ3v) is 2.19. The normalized spacial score (nSPS) is 14.0. The molecule has 0 aromatic carbocycles. The molecule has 0 saturated carbocycles. The van der Waals surface area contributed by atoms with Gasteiger partial charge in [-0.2, -0.15) is 0 Å². The monoisotopic (exact) mass is 207 g/mol. The molecular formula is C7H14NO4P. The smallest absolute Gasteiger partial charge is 0.323 e. The highest BCUT2D eigenvalue weighted by Crippen LogP contribution is 2.06. The van der Waals surface area contributed by atoms with Gasteiger partial charge in [-0.1, -0.05) is 0 Å². The van der Waals surface area contributed by atoms with Gasteiger partial charge in [0, 0.05) is 6.42 Å². The number of aliphatic hydroxyl groups is 1. The quantitative estimate of drug-likeness (QED) is 0.435. The van der Waals surface area contributed by atoms with E-state index in [4.69, 9.17) is 10.8 Å². The predicted octanol–water partition coefficient (Wildman–Crippen LogP) is -1.22. The van der Waals surface area contributed by atoms with Crippen molar-refractivity contribution >= 4 is 19.5 Å². The molecule has 0 bridgehead atoms. The molecule has 1 unspecified atom stereocenters. The standard InChI is InChI=1S/C7H14NO4P/c1-2-12-7(10)6(8)3-4-13(11)5-9/h4,6,9H,2-3,5,8H2,1H3/t6-/m0/s1. The first-order valence-electron chi connectivity index (χ1n) is 3.92. The number of rotatable bonds is 5. The molecule has 76 valence electrons. The van der Waals surface area contributed by atoms with E-state index in [0.29, 0.717) is 0 Å². The Morgan fingerprint density at radius 2 is 2.46 bits per heavy atom. The van der Waals surface area contributed by atoms with Crippen molar-refractivity contribution in [1.82, 2.24) is 0 Å². The van der Waals surface area contributed by atoms with Crippen molar-refractivity contribution in [2.45, 2.75) is 19.4 Å². The topological polar surface area (TPSA) is 95.6 Å². The lowest BCUT2D eigenvalue weighted by atomic mass is 10.2. The second kappa shape index (κ2) is 6.97. The van der Waals surface area contributed by atoms with Crippen LogP contribution in [0.4, 0.5) is 0 Å². The minimum Gasteiger partial charge on any atom is -0.629 e. The van der Waals surface area contributed by atoms with E-state index >= 15 is 0 Å². The number of aliphatic hydroxyl groups excluding tert-OH is 1. The van der Waals surface area contributed by atoms with E-state index in [0.717, 1.165) is 0 Å². The second-order valence-corrected chi connectivity index (χ2v) is 3.82. The van der Waals surface area contributed by atoms with E-state index in [1.165, 1.54) is 5.80 Å². The minimum atomic E-state index is -1.75. The van der Waals surface area contributed by atoms with Gasteiger partial charge in [0.1, 0.15) is 6.04 Å². The first-order chi connectivity index (χ1) is 6.11. The molecule has 0 aliphatic carbocycles. The first-order valence-corrected chi connectivity index (χ1v) is 5.43. The average Bonchev–Trinajstić information content (AvgIpc) is 2.13. The SMILES string of the molecule is CCOC(=O)[C@@H](N)CC=[P+]([O-])CO. The highest BCUT2D eigenvalue weighted by molar-refractivity contribution is 7.49. The molecule has 0 saturated heterocycles. The zero-order valence-corrected chi connectivity index (χ0v) is 8.37. The Labute approximate surface area is 78.0 Å². The van der Waals surface area contributed by atoms with Crippen molar-refractivity contribution in [1.29, 1.82) is 0 Å². The van der Waals surface area contributed by atoms with E-state index in [9.17, 15) is 9.69 Å². The van der Waals surface area contributed by atoms with Gasteiger partial charge in [-0.25, -0.2) is 0 Å². The second-order valence-electron chi connectivity index (χ2n) is 2.34. The molecule has 0 radical (unpaired) electrons. The molecule has 3 N–H and O–H groups in total. The summed E-state index contributed by atoms with van der Waals surface area (Å²) in [5.41, 5.74) is 5.39. The van der Waals surface area contributed by atoms with Crippen molar-refractivity contribution in [3.63, 3.8) is 0 Å². The lowest BCUT2D eigenvalue weighted by molar-refractivity contribution is -0.155. The maximum Gasteiger partial charge on any atom is 0.323 e. The largest absolute Gasteiger partial charge is 0.629 e. The zero-order chi connectivity index (χ0) is 10.3. The van der Waals surface area contributed by atoms with Gasteiger partial charge in [-0.05, 0) is 6.92 Å². The number of carbonyl (C=O) groups is 1. The molecule has 0 aromatic rings. The fourth-order valence-electron chi connectivity index (χ4n) is 0.634. The Morgan fingerprint density at radius 3 is 2.92 bits per heavy atom. The predicted molar refractivity (Wildman–Crippen MR) is 49.3 cm³/mol. The molecular weight excluding hydrogens is 193 g/mol. The lowest BCUT2D eigenvalue weighted by Crippen LogP contribution is -2.32. The number of hydrogen-bond donors (Lipinski definition) is 2. The zero-order valence-electron chi connectivity index (χ0n) is 7.47. The number of ether oxygens (including phenoxy) is 1. The van der Waals surface area contributed by atoms with Gasteiger partial charge < -0.3 is 20.5 Å². The van der Waals surface area contributed by atoms with Crippen molar-refractivity contribution in [2.75, 3.05) is 13.0 Å². The van der Waals surface area contributed by atoms with Crippen LogP contribution in [0.25, 0.3) is 0 Å². The number of esters is 1. The molecule has 0 aromatic heterocycles. The Bertz CT molecular complexity index is 195. The Balaban J connectivity index is 3.86. The van der Waals surface area contributed by atoms with E-state index in [2.05, 4.69) is 4.74 Å². The van der Waals surface area contributed by atoms with Crippen LogP contribution in [0.1, 0.15) is 13.3 Å². The van der Waals surface area contributed by atoms with Crippen LogP contribution in [-0.4, -0.2) is 35.9 Å². The van der Waals surface area contributed by atoms with Crippen LogP contribution in [0.15, 0.2) is 0 Å². The molecule has 13 heavy (non-hydrogen) atoms. The molecule has 2 atom stereocenters. The number of carbonyl (C=O) groups excluding carboxylic acids is 1. The van der Waals surface area contributed by atoms with Gasteiger partial charge in [0.25, 0.3) is 0 Å². The van der Waals surface area contributed by atoms with E-state index in [1.807, 2.05) is 0 Å². The summed E-state index contributed by atoms with van der Waals surface area (Å²) >= 11 is 0. The molecule has 0 fully saturated rings. The summed E-state index contributed by atoms with van der Waals surface area (Å²) in [5.74, 6) is 0.816. The maximum atomic E-state index is 10.9. The van der Waals surface area contributed by atoms with Crippen LogP contribution < -0.4 is 10.6 Å². The van der Waals surface area contributed by atoms with E-state index < -0.39 is 26.1 Å². The number of nitrogens with two attached hydrogens (primary N) is 1. The van der Waals surface area contributed by atoms with Crippen LogP contribution in [0, 0.1) is 0 Å². The minimum absolute atomic E-state index is 0.161. The maximum absolute atomic E-state index is 10.9. The van der Waals surface area contributed by atoms with Crippen LogP contribution in [0.3, 0.4) is 0 Å². The molecule has 0 amide bonds. The van der Waals surface area contributed by atoms with E-state index in [-0.39, 0.29) is 13.0 Å². The molecule has 6 heteroatoms. The fourth-order valence-corrected chi connectivity index (χ4v) is 1.21. The molecule has 5 nitrogen and oxygen atoms in total. The Kier molecular flexibility index (Phi) is 6.72. The van der Waals surface area contributed by atoms with Crippen molar-refractivity contribution < 1.29 is 19.5 Å². The first kappa shape index (κ1) is 12.5. The Morgan fingerprint density at radius 1 is 1.85 bits per heavy atom. The summed E-state index contributed by atoms with van der Waals surface area (Å²) in [6.07, 6.45) is -0.251. The third-order valence-electron chi connectivity index (χ3n) is 1.29. The molecule has 0 aliphatic heterocycles. The van der Waals surface area contributed by atoms with Gasteiger partial charge >= 0.3 is 5.97 Å². The lowest BCUT2D eigenvalue weighted by Gasteiger charge is -2.06. The van der Waals surface area contributed by atoms with Crippen LogP contribution in [0.5, 0.6) is 0 Å². The van der Waals surface area contributed by atoms with Crippen LogP contribution >= 0.6 is 7.77 Å². The summed E-state index contributed by atoms with van der Waals surface area (Å²) in [6, 6.07) is -0.787. The Hall–Kier alpha value is -0.480. The molecule has 0 spiro atoms. The molecule has 0 heterocycles. The molecule has 0 aliphatic rings. The molecule has 0 rings (SSSR count). The summed E-state index contributed by atoms with van der Waals surface area (Å²) in [6.45, 7) is 1.96. The van der Waals surface area contributed by atoms with Gasteiger partial charge in [0.15, 0.2) is 6.35 Å². The highest BCUT2D eigenvalue weighted by atomic mass is 31.1. The fraction of sp³-hybridized carbons (Fsp3) is 0.714. The summed E-state index contributed by atoms with van der Waals surface area (Å²) < 4.78 is 4.63. The van der Waals surface area contributed by atoms with Gasteiger partial charge in [-0.3, -0.25) is 4.79 Å². The third kappa shape index (κ3) is 5.71. The van der Waals surface area contributed by atoms with Crippen molar-refractivity contribution in [3.05, 3.63) is 0 Å². The summed E-state index contributed by atoms with van der Waals surface area (Å²) in [5, 5.41) is 8.42. The van der Waals surface area contributed by atoms with Crippen LogP contribution in [0.2, 0.25) is 0 Å². The van der Waals surface area contributed by atoms with Crippen molar-refractivity contribution in [3.8, 4) is 0 Å². The van der Waals surface area contributed by atoms with Crippen molar-refractivity contribution in [2.24, 2.45) is 5.73 Å². The van der Waals surface area contributed by atoms with Crippen LogP contribution in [-0.2, 0) is 9.53 Å². The summed E-state index contributed by atoms with van der Waals surface area (Å²) in [4.78, 5) is 21.7. The van der Waals surface area contributed by atoms with Gasteiger partial charge in [0.05, 0.1) is 20.2 Å². The van der Waals surface area contributed by atoms with E-state index in [1.54, 1.807) is 6.92 Å². The average molecular weight is 207 g/mol. The van der Waals surface area contributed by atoms with Gasteiger partial charge in [-0.15, -0.1) is 0 Å². The summed E-state index contributed by atoms with van der Waals surface area (Å²) in [7, 11) is -1.75.